The summed E-state index contributed by atoms with van der Waals surface area (Å²) in [5.41, 5.74) is 1.11. The highest BCUT2D eigenvalue weighted by Crippen LogP contribution is 2.30. The lowest BCUT2D eigenvalue weighted by molar-refractivity contribution is 0.0568. The predicted octanol–water partition coefficient (Wildman–Crippen LogP) is 2.32. The van der Waals surface area contributed by atoms with Crippen LogP contribution in [0.15, 0.2) is 44.4 Å². The van der Waals surface area contributed by atoms with Gasteiger partial charge in [-0.15, -0.1) is 11.3 Å². The number of benzene rings is 1. The van der Waals surface area contributed by atoms with Crippen molar-refractivity contribution in [2.45, 2.75) is 22.7 Å². The van der Waals surface area contributed by atoms with Gasteiger partial charge in [-0.3, -0.25) is 0 Å². The van der Waals surface area contributed by atoms with Crippen molar-refractivity contribution < 1.29 is 13.5 Å². The van der Waals surface area contributed by atoms with Gasteiger partial charge in [0, 0.05) is 19.4 Å². The number of nitrogens with one attached hydrogen (secondary N) is 1. The number of thiophene rings is 1. The highest BCUT2D eigenvalue weighted by Gasteiger charge is 2.36. The molecule has 3 rings (SSSR count). The lowest BCUT2D eigenvalue weighted by Gasteiger charge is -2.22. The normalized spacial score (nSPS) is 16.9. The summed E-state index contributed by atoms with van der Waals surface area (Å²) in [4.78, 5) is 0. The number of hydrogen-bond donors (Lipinski definition) is 2. The van der Waals surface area contributed by atoms with Gasteiger partial charge in [0.2, 0.25) is 10.0 Å². The SMILES string of the molecule is O=S(=O)(NCC1(O)Cc2ccccc2C1)c1ccc(Br)s1. The number of halogens is 1. The van der Waals surface area contributed by atoms with E-state index in [0.717, 1.165) is 26.3 Å². The monoisotopic (exact) mass is 387 g/mol. The molecule has 1 aromatic carbocycles. The molecule has 1 aliphatic carbocycles. The summed E-state index contributed by atoms with van der Waals surface area (Å²) in [6.45, 7) is 0.0134. The van der Waals surface area contributed by atoms with E-state index in [2.05, 4.69) is 20.7 Å². The van der Waals surface area contributed by atoms with Crippen LogP contribution in [0.25, 0.3) is 0 Å². The fourth-order valence-corrected chi connectivity index (χ4v) is 5.72. The van der Waals surface area contributed by atoms with Crippen LogP contribution in [0.2, 0.25) is 0 Å². The van der Waals surface area contributed by atoms with Crippen LogP contribution in [0.1, 0.15) is 11.1 Å². The van der Waals surface area contributed by atoms with E-state index in [0.29, 0.717) is 12.8 Å². The van der Waals surface area contributed by atoms with Crippen molar-refractivity contribution in [2.24, 2.45) is 0 Å². The maximum absolute atomic E-state index is 12.2. The Hall–Kier alpha value is -0.730. The predicted molar refractivity (Wildman–Crippen MR) is 86.0 cm³/mol. The third-order valence-electron chi connectivity index (χ3n) is 3.56. The summed E-state index contributed by atoms with van der Waals surface area (Å²) in [5, 5.41) is 10.6. The molecule has 0 fully saturated rings. The number of hydrogen-bond acceptors (Lipinski definition) is 4. The zero-order chi connectivity index (χ0) is 15.1. The first-order chi connectivity index (χ1) is 9.88. The topological polar surface area (TPSA) is 66.4 Å². The second kappa shape index (κ2) is 5.48. The van der Waals surface area contributed by atoms with Crippen molar-refractivity contribution in [3.63, 3.8) is 0 Å². The summed E-state index contributed by atoms with van der Waals surface area (Å²) in [7, 11) is -3.57. The van der Waals surface area contributed by atoms with E-state index in [1.165, 1.54) is 0 Å². The summed E-state index contributed by atoms with van der Waals surface area (Å²) in [6.07, 6.45) is 0.944. The van der Waals surface area contributed by atoms with E-state index in [1.807, 2.05) is 24.3 Å². The second-order valence-corrected chi connectivity index (χ2v) is 9.69. The second-order valence-electron chi connectivity index (χ2n) is 5.23. The molecule has 0 radical (unpaired) electrons. The molecule has 0 saturated carbocycles. The minimum atomic E-state index is -3.57. The number of aliphatic hydroxyl groups is 1. The van der Waals surface area contributed by atoms with Crippen LogP contribution in [0.4, 0.5) is 0 Å². The first kappa shape index (κ1) is 15.2. The third kappa shape index (κ3) is 3.22. The number of fused-ring (bicyclic) bond motifs is 1. The first-order valence-electron chi connectivity index (χ1n) is 6.42. The van der Waals surface area contributed by atoms with Crippen molar-refractivity contribution in [3.8, 4) is 0 Å². The zero-order valence-electron chi connectivity index (χ0n) is 11.0. The van der Waals surface area contributed by atoms with Crippen LogP contribution in [0.3, 0.4) is 0 Å². The van der Waals surface area contributed by atoms with E-state index in [-0.39, 0.29) is 10.8 Å². The molecule has 112 valence electrons. The molecule has 0 bridgehead atoms. The van der Waals surface area contributed by atoms with Crippen LogP contribution in [0, 0.1) is 0 Å². The molecule has 1 heterocycles. The van der Waals surface area contributed by atoms with Gasteiger partial charge in [-0.2, -0.15) is 0 Å². The van der Waals surface area contributed by atoms with Crippen molar-refractivity contribution in [3.05, 3.63) is 51.3 Å². The average molecular weight is 388 g/mol. The van der Waals surface area contributed by atoms with Gasteiger partial charge in [-0.25, -0.2) is 13.1 Å². The van der Waals surface area contributed by atoms with Crippen LogP contribution in [-0.4, -0.2) is 25.7 Å². The molecule has 4 nitrogen and oxygen atoms in total. The van der Waals surface area contributed by atoms with E-state index in [4.69, 9.17) is 0 Å². The summed E-state index contributed by atoms with van der Waals surface area (Å²) >= 11 is 4.40. The minimum Gasteiger partial charge on any atom is -0.388 e. The standard InChI is InChI=1S/C14H14BrNO3S2/c15-12-5-6-13(20-12)21(18,19)16-9-14(17)7-10-3-1-2-4-11(10)8-14/h1-6,16-17H,7-9H2. The first-order valence-corrected chi connectivity index (χ1v) is 9.51. The Bertz CT molecular complexity index is 745. The molecule has 0 atom stereocenters. The highest BCUT2D eigenvalue weighted by atomic mass is 79.9. The molecule has 1 aliphatic rings. The molecular formula is C14H14BrNO3S2. The maximum Gasteiger partial charge on any atom is 0.250 e. The van der Waals surface area contributed by atoms with Crippen molar-refractivity contribution in [1.82, 2.24) is 4.72 Å². The molecule has 1 aromatic heterocycles. The molecule has 0 spiro atoms. The molecule has 2 aromatic rings. The lowest BCUT2D eigenvalue weighted by Crippen LogP contribution is -2.43. The average Bonchev–Trinajstić information content (AvgIpc) is 3.00. The Balaban J connectivity index is 1.71. The van der Waals surface area contributed by atoms with Crippen LogP contribution >= 0.6 is 27.3 Å². The molecule has 0 amide bonds. The molecule has 2 N–H and O–H groups in total. The Labute approximate surface area is 136 Å². The highest BCUT2D eigenvalue weighted by molar-refractivity contribution is 9.11. The summed E-state index contributed by atoms with van der Waals surface area (Å²) < 4.78 is 27.9. The van der Waals surface area contributed by atoms with E-state index in [1.54, 1.807) is 12.1 Å². The molecule has 0 aliphatic heterocycles. The quantitative estimate of drug-likeness (QED) is 0.845. The minimum absolute atomic E-state index is 0.0134. The van der Waals surface area contributed by atoms with Gasteiger partial charge in [0.25, 0.3) is 0 Å². The third-order valence-corrected chi connectivity index (χ3v) is 7.08. The van der Waals surface area contributed by atoms with Gasteiger partial charge in [0.1, 0.15) is 4.21 Å². The summed E-state index contributed by atoms with van der Waals surface area (Å²) in [6, 6.07) is 11.0. The van der Waals surface area contributed by atoms with Gasteiger partial charge < -0.3 is 5.11 Å². The van der Waals surface area contributed by atoms with Crippen molar-refractivity contribution >= 4 is 37.3 Å². The number of sulfonamides is 1. The summed E-state index contributed by atoms with van der Waals surface area (Å²) in [5.74, 6) is 0. The van der Waals surface area contributed by atoms with E-state index < -0.39 is 15.6 Å². The van der Waals surface area contributed by atoms with E-state index in [9.17, 15) is 13.5 Å². The number of rotatable bonds is 4. The van der Waals surface area contributed by atoms with Gasteiger partial charge in [-0.05, 0) is 39.2 Å². The smallest absolute Gasteiger partial charge is 0.250 e. The maximum atomic E-state index is 12.2. The molecule has 21 heavy (non-hydrogen) atoms. The Morgan fingerprint density at radius 2 is 1.81 bits per heavy atom. The molecular weight excluding hydrogens is 374 g/mol. The van der Waals surface area contributed by atoms with Crippen LogP contribution in [-0.2, 0) is 22.9 Å². The fourth-order valence-electron chi connectivity index (χ4n) is 2.54. The Morgan fingerprint density at radius 3 is 2.33 bits per heavy atom. The van der Waals surface area contributed by atoms with Gasteiger partial charge in [0.15, 0.2) is 0 Å². The fraction of sp³-hybridized carbons (Fsp3) is 0.286. The van der Waals surface area contributed by atoms with E-state index >= 15 is 0 Å². The van der Waals surface area contributed by atoms with Gasteiger partial charge in [0.05, 0.1) is 9.39 Å². The zero-order valence-corrected chi connectivity index (χ0v) is 14.3. The van der Waals surface area contributed by atoms with Crippen LogP contribution in [0.5, 0.6) is 0 Å². The van der Waals surface area contributed by atoms with Crippen molar-refractivity contribution in [2.75, 3.05) is 6.54 Å². The van der Waals surface area contributed by atoms with Crippen molar-refractivity contribution in [1.29, 1.82) is 0 Å². The molecule has 0 unspecified atom stereocenters. The molecule has 7 heteroatoms. The Morgan fingerprint density at radius 1 is 1.19 bits per heavy atom. The van der Waals surface area contributed by atoms with Gasteiger partial charge >= 0.3 is 0 Å². The molecule has 0 saturated heterocycles. The van der Waals surface area contributed by atoms with Crippen LogP contribution < -0.4 is 4.72 Å². The largest absolute Gasteiger partial charge is 0.388 e. The lowest BCUT2D eigenvalue weighted by atomic mass is 10.0. The Kier molecular flexibility index (Phi) is 3.96. The van der Waals surface area contributed by atoms with Gasteiger partial charge in [-0.1, -0.05) is 24.3 Å².